The van der Waals surface area contributed by atoms with E-state index in [0.717, 1.165) is 30.5 Å². The number of hydrogen-bond acceptors (Lipinski definition) is 3. The van der Waals surface area contributed by atoms with Gasteiger partial charge in [-0.25, -0.2) is 8.78 Å². The van der Waals surface area contributed by atoms with Crippen LogP contribution in [-0.2, 0) is 14.9 Å². The molecule has 0 spiro atoms. The number of ether oxygens (including phenoxy) is 1. The molecule has 5 nitrogen and oxygen atoms in total. The maximum atomic E-state index is 13.2. The van der Waals surface area contributed by atoms with Crippen molar-refractivity contribution in [3.05, 3.63) is 70.2 Å². The van der Waals surface area contributed by atoms with E-state index in [0.29, 0.717) is 30.8 Å². The van der Waals surface area contributed by atoms with Crippen LogP contribution in [0, 0.1) is 11.6 Å². The standard InChI is InChI=1S/C21H21ClF2N2O3/c22-16-3-1-2-15(10-16)21(4-6-29-7-5-21)13-26-19(27)12-25-20(28)14-8-17(23)11-18(24)9-14/h1-3,8-11H,4-7,12-13H2,(H,25,28)(H,26,27). The molecule has 0 aliphatic carbocycles. The maximum Gasteiger partial charge on any atom is 0.251 e. The molecule has 2 N–H and O–H groups in total. The maximum absolute atomic E-state index is 13.2. The Kier molecular flexibility index (Phi) is 6.82. The van der Waals surface area contributed by atoms with Gasteiger partial charge < -0.3 is 15.4 Å². The number of benzene rings is 2. The van der Waals surface area contributed by atoms with Crippen molar-refractivity contribution in [2.45, 2.75) is 18.3 Å². The fourth-order valence-electron chi connectivity index (χ4n) is 3.43. The number of hydrogen-bond donors (Lipinski definition) is 2. The zero-order valence-electron chi connectivity index (χ0n) is 15.6. The SMILES string of the molecule is O=C(CNC(=O)c1cc(F)cc(F)c1)NCC1(c2cccc(Cl)c2)CCOCC1. The lowest BCUT2D eigenvalue weighted by Crippen LogP contribution is -2.47. The van der Waals surface area contributed by atoms with E-state index in [9.17, 15) is 18.4 Å². The summed E-state index contributed by atoms with van der Waals surface area (Å²) in [7, 11) is 0. The van der Waals surface area contributed by atoms with Gasteiger partial charge in [0.2, 0.25) is 5.91 Å². The minimum atomic E-state index is -0.859. The number of carbonyl (C=O) groups is 2. The van der Waals surface area contributed by atoms with Crippen LogP contribution in [-0.4, -0.2) is 38.1 Å². The molecule has 0 bridgehead atoms. The molecular formula is C21H21ClF2N2O3. The number of rotatable bonds is 6. The fraction of sp³-hybridized carbons (Fsp3) is 0.333. The first-order valence-corrected chi connectivity index (χ1v) is 9.61. The molecule has 154 valence electrons. The minimum absolute atomic E-state index is 0.185. The molecule has 1 heterocycles. The average molecular weight is 423 g/mol. The van der Waals surface area contributed by atoms with Gasteiger partial charge in [0.25, 0.3) is 5.91 Å². The lowest BCUT2D eigenvalue weighted by atomic mass is 9.74. The number of halogens is 3. The van der Waals surface area contributed by atoms with Crippen LogP contribution in [0.5, 0.6) is 0 Å². The Morgan fingerprint density at radius 2 is 1.72 bits per heavy atom. The lowest BCUT2D eigenvalue weighted by molar-refractivity contribution is -0.120. The summed E-state index contributed by atoms with van der Waals surface area (Å²) in [6.07, 6.45) is 1.45. The third-order valence-corrected chi connectivity index (χ3v) is 5.28. The van der Waals surface area contributed by atoms with Gasteiger partial charge in [-0.2, -0.15) is 0 Å². The Labute approximate surface area is 172 Å². The Balaban J connectivity index is 1.60. The summed E-state index contributed by atoms with van der Waals surface area (Å²) in [6.45, 7) is 1.20. The molecule has 1 aliphatic rings. The first kappa shape index (κ1) is 21.2. The van der Waals surface area contributed by atoms with Gasteiger partial charge in [0.15, 0.2) is 0 Å². The van der Waals surface area contributed by atoms with Crippen molar-refractivity contribution in [1.82, 2.24) is 10.6 Å². The molecule has 3 rings (SSSR count). The van der Waals surface area contributed by atoms with E-state index in [4.69, 9.17) is 16.3 Å². The normalized spacial score (nSPS) is 15.6. The highest BCUT2D eigenvalue weighted by molar-refractivity contribution is 6.30. The fourth-order valence-corrected chi connectivity index (χ4v) is 3.62. The Morgan fingerprint density at radius 1 is 1.03 bits per heavy atom. The largest absolute Gasteiger partial charge is 0.381 e. The summed E-state index contributed by atoms with van der Waals surface area (Å²) in [5, 5.41) is 5.83. The van der Waals surface area contributed by atoms with Crippen molar-refractivity contribution in [2.24, 2.45) is 0 Å². The van der Waals surface area contributed by atoms with E-state index in [1.165, 1.54) is 0 Å². The molecule has 0 radical (unpaired) electrons. The van der Waals surface area contributed by atoms with Crippen molar-refractivity contribution in [3.8, 4) is 0 Å². The van der Waals surface area contributed by atoms with Gasteiger partial charge >= 0.3 is 0 Å². The van der Waals surface area contributed by atoms with Crippen LogP contribution >= 0.6 is 11.6 Å². The second kappa shape index (κ2) is 9.33. The summed E-state index contributed by atoms with van der Waals surface area (Å²) < 4.78 is 31.9. The van der Waals surface area contributed by atoms with Gasteiger partial charge in [-0.1, -0.05) is 23.7 Å². The van der Waals surface area contributed by atoms with Gasteiger partial charge in [0.05, 0.1) is 6.54 Å². The van der Waals surface area contributed by atoms with E-state index in [1.54, 1.807) is 6.07 Å². The molecule has 1 saturated heterocycles. The summed E-state index contributed by atoms with van der Waals surface area (Å²) in [6, 6.07) is 10.0. The Hall–Kier alpha value is -2.51. The summed E-state index contributed by atoms with van der Waals surface area (Å²) in [5.41, 5.74) is 0.525. The molecule has 2 aromatic carbocycles. The molecule has 8 heteroatoms. The molecule has 0 unspecified atom stereocenters. The van der Waals surface area contributed by atoms with E-state index < -0.39 is 23.4 Å². The van der Waals surface area contributed by atoms with Gasteiger partial charge in [-0.3, -0.25) is 9.59 Å². The third kappa shape index (κ3) is 5.52. The van der Waals surface area contributed by atoms with Crippen LogP contribution in [0.3, 0.4) is 0 Å². The van der Waals surface area contributed by atoms with Crippen molar-refractivity contribution in [1.29, 1.82) is 0 Å². The molecule has 1 fully saturated rings. The Bertz CT molecular complexity index is 881. The van der Waals surface area contributed by atoms with Gasteiger partial charge in [-0.05, 0) is 42.7 Å². The second-order valence-electron chi connectivity index (χ2n) is 7.02. The molecule has 0 aromatic heterocycles. The highest BCUT2D eigenvalue weighted by atomic mass is 35.5. The zero-order chi connectivity index (χ0) is 20.9. The molecule has 2 aromatic rings. The van der Waals surface area contributed by atoms with E-state index in [1.807, 2.05) is 18.2 Å². The van der Waals surface area contributed by atoms with E-state index in [2.05, 4.69) is 10.6 Å². The molecule has 0 saturated carbocycles. The van der Waals surface area contributed by atoms with Crippen molar-refractivity contribution in [2.75, 3.05) is 26.3 Å². The molecule has 1 aliphatic heterocycles. The third-order valence-electron chi connectivity index (χ3n) is 5.05. The topological polar surface area (TPSA) is 67.4 Å². The summed E-state index contributed by atoms with van der Waals surface area (Å²) in [4.78, 5) is 24.3. The van der Waals surface area contributed by atoms with Gasteiger partial charge in [0, 0.05) is 41.8 Å². The smallest absolute Gasteiger partial charge is 0.251 e. The molecule has 29 heavy (non-hydrogen) atoms. The summed E-state index contributed by atoms with van der Waals surface area (Å²) >= 11 is 6.13. The number of carbonyl (C=O) groups excluding carboxylic acids is 2. The average Bonchev–Trinajstić information content (AvgIpc) is 2.70. The second-order valence-corrected chi connectivity index (χ2v) is 7.46. The Morgan fingerprint density at radius 3 is 2.38 bits per heavy atom. The first-order chi connectivity index (χ1) is 13.9. The van der Waals surface area contributed by atoms with Crippen molar-refractivity contribution in [3.63, 3.8) is 0 Å². The summed E-state index contributed by atoms with van der Waals surface area (Å²) in [5.74, 6) is -2.84. The van der Waals surface area contributed by atoms with Gasteiger partial charge in [-0.15, -0.1) is 0 Å². The van der Waals surface area contributed by atoms with Crippen LogP contribution in [0.15, 0.2) is 42.5 Å². The highest BCUT2D eigenvalue weighted by Gasteiger charge is 2.35. The van der Waals surface area contributed by atoms with Crippen molar-refractivity contribution >= 4 is 23.4 Å². The van der Waals surface area contributed by atoms with Gasteiger partial charge in [0.1, 0.15) is 11.6 Å². The quantitative estimate of drug-likeness (QED) is 0.751. The number of amides is 2. The monoisotopic (exact) mass is 422 g/mol. The first-order valence-electron chi connectivity index (χ1n) is 9.23. The minimum Gasteiger partial charge on any atom is -0.381 e. The van der Waals surface area contributed by atoms with Crippen molar-refractivity contribution < 1.29 is 23.1 Å². The highest BCUT2D eigenvalue weighted by Crippen LogP contribution is 2.35. The van der Waals surface area contributed by atoms with Crippen LogP contribution in [0.4, 0.5) is 8.78 Å². The van der Waals surface area contributed by atoms with E-state index in [-0.39, 0.29) is 17.5 Å². The van der Waals surface area contributed by atoms with Crippen LogP contribution < -0.4 is 10.6 Å². The van der Waals surface area contributed by atoms with Crippen LogP contribution in [0.2, 0.25) is 5.02 Å². The predicted octanol–water partition coefficient (Wildman–Crippen LogP) is 3.21. The van der Waals surface area contributed by atoms with E-state index >= 15 is 0 Å². The van der Waals surface area contributed by atoms with Crippen LogP contribution in [0.25, 0.3) is 0 Å². The molecule has 0 atom stereocenters. The predicted molar refractivity (Wildman–Crippen MR) is 105 cm³/mol. The van der Waals surface area contributed by atoms with Crippen LogP contribution in [0.1, 0.15) is 28.8 Å². The zero-order valence-corrected chi connectivity index (χ0v) is 16.4. The molecular weight excluding hydrogens is 402 g/mol. The molecule has 2 amide bonds. The lowest BCUT2D eigenvalue weighted by Gasteiger charge is -2.38. The number of nitrogens with one attached hydrogen (secondary N) is 2.